The molecule has 1 aliphatic heterocycles. The fraction of sp³-hybridized carbons (Fsp3) is 0.474. The van der Waals surface area contributed by atoms with E-state index in [1.54, 1.807) is 6.92 Å². The quantitative estimate of drug-likeness (QED) is 0.304. The van der Waals surface area contributed by atoms with E-state index in [9.17, 15) is 30.1 Å². The Hall–Kier alpha value is -2.83. The number of benzene rings is 1. The van der Waals surface area contributed by atoms with Crippen LogP contribution in [0.25, 0.3) is 0 Å². The summed E-state index contributed by atoms with van der Waals surface area (Å²) in [5.41, 5.74) is 0.310. The minimum Gasteiger partial charge on any atom is -0.463 e. The fourth-order valence-corrected chi connectivity index (χ4v) is 4.19. The molecule has 1 aromatic rings. The SMILES string of the molecule is CCOC(=O)C1=C(CSCC(O)CO)N=C(C)C([N+](=O)[O-])C1c1cccc([N+](=O)[O-])c1. The topological polar surface area (TPSA) is 165 Å². The first-order chi connectivity index (χ1) is 14.7. The van der Waals surface area contributed by atoms with Crippen LogP contribution in [-0.4, -0.2) is 68.6 Å². The Labute approximate surface area is 182 Å². The largest absolute Gasteiger partial charge is 0.463 e. The maximum Gasteiger partial charge on any atom is 0.336 e. The average Bonchev–Trinajstić information content (AvgIpc) is 2.72. The molecule has 0 bridgehead atoms. The lowest BCUT2D eigenvalue weighted by molar-refractivity contribution is -0.505. The highest BCUT2D eigenvalue weighted by Crippen LogP contribution is 2.39. The van der Waals surface area contributed by atoms with Gasteiger partial charge < -0.3 is 14.9 Å². The number of thioether (sulfide) groups is 1. The normalized spacial score (nSPS) is 19.5. The van der Waals surface area contributed by atoms with Crippen LogP contribution in [0.4, 0.5) is 5.69 Å². The maximum atomic E-state index is 12.8. The van der Waals surface area contributed by atoms with Gasteiger partial charge in [0.1, 0.15) is 0 Å². The molecule has 1 heterocycles. The molecular formula is C19H23N3O8S. The first kappa shape index (κ1) is 24.4. The Morgan fingerprint density at radius 3 is 2.65 bits per heavy atom. The van der Waals surface area contributed by atoms with Crippen LogP contribution in [0.2, 0.25) is 0 Å². The molecule has 31 heavy (non-hydrogen) atoms. The lowest BCUT2D eigenvalue weighted by Crippen LogP contribution is -2.40. The molecule has 0 radical (unpaired) electrons. The van der Waals surface area contributed by atoms with Gasteiger partial charge in [0.05, 0.1) is 47.1 Å². The van der Waals surface area contributed by atoms with Crippen LogP contribution >= 0.6 is 11.8 Å². The predicted molar refractivity (Wildman–Crippen MR) is 114 cm³/mol. The third kappa shape index (κ3) is 5.87. The molecule has 1 aromatic carbocycles. The summed E-state index contributed by atoms with van der Waals surface area (Å²) < 4.78 is 5.13. The van der Waals surface area contributed by atoms with E-state index in [0.717, 1.165) is 0 Å². The van der Waals surface area contributed by atoms with Crippen molar-refractivity contribution < 1.29 is 29.6 Å². The summed E-state index contributed by atoms with van der Waals surface area (Å²) in [7, 11) is 0. The highest BCUT2D eigenvalue weighted by Gasteiger charge is 2.45. The molecule has 3 atom stereocenters. The summed E-state index contributed by atoms with van der Waals surface area (Å²) in [6.07, 6.45) is -0.968. The van der Waals surface area contributed by atoms with Gasteiger partial charge in [0.25, 0.3) is 11.7 Å². The minimum atomic E-state index is -1.40. The van der Waals surface area contributed by atoms with Crippen molar-refractivity contribution in [1.82, 2.24) is 0 Å². The number of carbonyl (C=O) groups is 1. The van der Waals surface area contributed by atoms with Crippen molar-refractivity contribution in [3.8, 4) is 0 Å². The lowest BCUT2D eigenvalue weighted by atomic mass is 9.80. The Bertz CT molecular complexity index is 917. The number of aliphatic hydroxyl groups is 2. The third-order valence-corrected chi connectivity index (χ3v) is 5.70. The molecule has 0 aromatic heterocycles. The summed E-state index contributed by atoms with van der Waals surface area (Å²) in [6, 6.07) is 3.96. The van der Waals surface area contributed by atoms with Gasteiger partial charge in [0, 0.05) is 28.6 Å². The maximum absolute atomic E-state index is 12.8. The molecule has 2 rings (SSSR count). The third-order valence-electron chi connectivity index (χ3n) is 4.60. The number of carbonyl (C=O) groups excluding carboxylic acids is 1. The van der Waals surface area contributed by atoms with Crippen LogP contribution in [0.3, 0.4) is 0 Å². The van der Waals surface area contributed by atoms with Gasteiger partial charge in [-0.05, 0) is 19.4 Å². The molecule has 12 heteroatoms. The van der Waals surface area contributed by atoms with Crippen LogP contribution in [0, 0.1) is 20.2 Å². The molecule has 0 fully saturated rings. The average molecular weight is 453 g/mol. The van der Waals surface area contributed by atoms with Crippen molar-refractivity contribution in [2.75, 3.05) is 24.7 Å². The smallest absolute Gasteiger partial charge is 0.336 e. The molecule has 0 aliphatic carbocycles. The van der Waals surface area contributed by atoms with Crippen molar-refractivity contribution in [3.63, 3.8) is 0 Å². The number of nitro groups is 2. The zero-order chi connectivity index (χ0) is 23.1. The molecule has 168 valence electrons. The predicted octanol–water partition coefficient (Wildman–Crippen LogP) is 1.70. The number of aliphatic imine (C=N–C) groups is 1. The van der Waals surface area contributed by atoms with Gasteiger partial charge >= 0.3 is 5.97 Å². The molecule has 0 amide bonds. The number of hydrogen-bond acceptors (Lipinski definition) is 10. The second-order valence-electron chi connectivity index (χ2n) is 6.75. The van der Waals surface area contributed by atoms with Crippen LogP contribution in [0.5, 0.6) is 0 Å². The monoisotopic (exact) mass is 453 g/mol. The Morgan fingerprint density at radius 2 is 2.06 bits per heavy atom. The van der Waals surface area contributed by atoms with Crippen molar-refractivity contribution in [1.29, 1.82) is 0 Å². The number of aliphatic hydroxyl groups excluding tert-OH is 2. The van der Waals surface area contributed by atoms with E-state index in [2.05, 4.69) is 4.99 Å². The van der Waals surface area contributed by atoms with Gasteiger partial charge in [-0.2, -0.15) is 11.8 Å². The van der Waals surface area contributed by atoms with E-state index < -0.39 is 40.5 Å². The summed E-state index contributed by atoms with van der Waals surface area (Å²) in [5, 5.41) is 41.7. The highest BCUT2D eigenvalue weighted by atomic mass is 32.2. The molecule has 2 N–H and O–H groups in total. The van der Waals surface area contributed by atoms with Crippen molar-refractivity contribution in [2.45, 2.75) is 31.9 Å². The lowest BCUT2D eigenvalue weighted by Gasteiger charge is -2.28. The number of ether oxygens (including phenoxy) is 1. The van der Waals surface area contributed by atoms with E-state index >= 15 is 0 Å². The zero-order valence-electron chi connectivity index (χ0n) is 17.0. The van der Waals surface area contributed by atoms with E-state index in [4.69, 9.17) is 9.84 Å². The van der Waals surface area contributed by atoms with Gasteiger partial charge in [-0.3, -0.25) is 25.2 Å². The Kier molecular flexibility index (Phi) is 8.65. The van der Waals surface area contributed by atoms with Crippen molar-refractivity contribution in [3.05, 3.63) is 61.3 Å². The van der Waals surface area contributed by atoms with Crippen LogP contribution in [0.1, 0.15) is 25.3 Å². The van der Waals surface area contributed by atoms with E-state index in [1.165, 1.54) is 43.0 Å². The van der Waals surface area contributed by atoms with Crippen molar-refractivity contribution in [2.24, 2.45) is 4.99 Å². The van der Waals surface area contributed by atoms with Gasteiger partial charge in [-0.25, -0.2) is 4.79 Å². The summed E-state index contributed by atoms with van der Waals surface area (Å²) in [4.78, 5) is 39.1. The molecule has 0 spiro atoms. The zero-order valence-corrected chi connectivity index (χ0v) is 17.8. The fourth-order valence-electron chi connectivity index (χ4n) is 3.28. The van der Waals surface area contributed by atoms with Crippen LogP contribution < -0.4 is 0 Å². The number of esters is 1. The summed E-state index contributed by atoms with van der Waals surface area (Å²) in [5.74, 6) is -1.64. The van der Waals surface area contributed by atoms with E-state index in [1.807, 2.05) is 0 Å². The van der Waals surface area contributed by atoms with Crippen LogP contribution in [-0.2, 0) is 9.53 Å². The molecule has 0 saturated heterocycles. The minimum absolute atomic E-state index is 0.0272. The van der Waals surface area contributed by atoms with Gasteiger partial charge in [0.15, 0.2) is 0 Å². The number of nitro benzene ring substituents is 1. The summed E-state index contributed by atoms with van der Waals surface area (Å²) >= 11 is 1.19. The number of non-ortho nitro benzene ring substituents is 1. The number of rotatable bonds is 10. The summed E-state index contributed by atoms with van der Waals surface area (Å²) in [6.45, 7) is 2.65. The molecule has 0 saturated carbocycles. The van der Waals surface area contributed by atoms with E-state index in [0.29, 0.717) is 0 Å². The first-order valence-electron chi connectivity index (χ1n) is 9.41. The van der Waals surface area contributed by atoms with Gasteiger partial charge in [-0.1, -0.05) is 12.1 Å². The molecule has 3 unspecified atom stereocenters. The Morgan fingerprint density at radius 1 is 1.35 bits per heavy atom. The van der Waals surface area contributed by atoms with Crippen molar-refractivity contribution >= 4 is 29.1 Å². The molecular weight excluding hydrogens is 430 g/mol. The highest BCUT2D eigenvalue weighted by molar-refractivity contribution is 7.99. The first-order valence-corrected chi connectivity index (χ1v) is 10.6. The van der Waals surface area contributed by atoms with Crippen LogP contribution in [0.15, 0.2) is 40.5 Å². The number of hydrogen-bond donors (Lipinski definition) is 2. The second-order valence-corrected chi connectivity index (χ2v) is 7.78. The molecule has 1 aliphatic rings. The van der Waals surface area contributed by atoms with Gasteiger partial charge in [-0.15, -0.1) is 0 Å². The van der Waals surface area contributed by atoms with E-state index in [-0.39, 0.29) is 46.3 Å². The Balaban J connectivity index is 2.62. The van der Waals surface area contributed by atoms with Gasteiger partial charge in [0.2, 0.25) is 0 Å². The standard InChI is InChI=1S/C19H23N3O8S/c1-3-30-19(25)17-15(10-31-9-14(24)8-23)20-11(2)18(22(28)29)16(17)12-5-4-6-13(7-12)21(26)27/h4-7,14,16,18,23-24H,3,8-10H2,1-2H3. The second kappa shape index (κ2) is 11.0. The molecule has 11 nitrogen and oxygen atoms in total. The number of nitrogens with zero attached hydrogens (tertiary/aromatic N) is 3.